The summed E-state index contributed by atoms with van der Waals surface area (Å²) in [4.78, 5) is 11.1. The summed E-state index contributed by atoms with van der Waals surface area (Å²) in [5.74, 6) is -0.553. The molecule has 0 bridgehead atoms. The van der Waals surface area contributed by atoms with Gasteiger partial charge < -0.3 is 14.9 Å². The van der Waals surface area contributed by atoms with Gasteiger partial charge in [0.15, 0.2) is 0 Å². The number of fused-ring (bicyclic) bond motifs is 1. The fourth-order valence-electron chi connectivity index (χ4n) is 2.49. The van der Waals surface area contributed by atoms with E-state index in [0.717, 1.165) is 35.3 Å². The van der Waals surface area contributed by atoms with Gasteiger partial charge in [-0.25, -0.2) is 4.79 Å². The number of carboxylic acid groups (broad SMARTS) is 1. The van der Waals surface area contributed by atoms with Crippen LogP contribution in [0.5, 0.6) is 11.5 Å². The van der Waals surface area contributed by atoms with Crippen molar-refractivity contribution in [3.8, 4) is 22.6 Å². The van der Waals surface area contributed by atoms with Gasteiger partial charge >= 0.3 is 5.97 Å². The number of aryl methyl sites for hydroxylation is 1. The molecular weight excluding hydrogens is 256 g/mol. The first kappa shape index (κ1) is 12.5. The Kier molecular flexibility index (Phi) is 3.06. The Hall–Kier alpha value is -2.49. The topological polar surface area (TPSA) is 66.8 Å². The maximum Gasteiger partial charge on any atom is 0.339 e. The van der Waals surface area contributed by atoms with Gasteiger partial charge in [0.2, 0.25) is 0 Å². The molecule has 0 spiro atoms. The molecule has 2 N–H and O–H groups in total. The highest BCUT2D eigenvalue weighted by atomic mass is 16.5. The Morgan fingerprint density at radius 3 is 2.85 bits per heavy atom. The van der Waals surface area contributed by atoms with Crippen LogP contribution in [-0.2, 0) is 6.42 Å². The Labute approximate surface area is 116 Å². The van der Waals surface area contributed by atoms with Crippen LogP contribution in [0, 0.1) is 0 Å². The molecule has 0 radical (unpaired) electrons. The molecule has 0 unspecified atom stereocenters. The zero-order valence-corrected chi connectivity index (χ0v) is 10.8. The molecule has 20 heavy (non-hydrogen) atoms. The molecule has 3 rings (SSSR count). The predicted molar refractivity (Wildman–Crippen MR) is 74.3 cm³/mol. The number of phenols is 1. The second-order valence-corrected chi connectivity index (χ2v) is 4.78. The first-order chi connectivity index (χ1) is 9.66. The van der Waals surface area contributed by atoms with E-state index in [9.17, 15) is 9.90 Å². The van der Waals surface area contributed by atoms with Gasteiger partial charge in [0.25, 0.3) is 0 Å². The maximum absolute atomic E-state index is 11.1. The Bertz CT molecular complexity index is 676. The molecule has 0 amide bonds. The van der Waals surface area contributed by atoms with Gasteiger partial charge in [-0.15, -0.1) is 0 Å². The van der Waals surface area contributed by atoms with Crippen LogP contribution >= 0.6 is 0 Å². The fourth-order valence-corrected chi connectivity index (χ4v) is 2.49. The van der Waals surface area contributed by atoms with Crippen molar-refractivity contribution in [2.75, 3.05) is 6.61 Å². The van der Waals surface area contributed by atoms with E-state index in [4.69, 9.17) is 9.84 Å². The lowest BCUT2D eigenvalue weighted by Crippen LogP contribution is -2.09. The molecule has 1 aliphatic rings. The van der Waals surface area contributed by atoms with E-state index < -0.39 is 5.97 Å². The lowest BCUT2D eigenvalue weighted by Gasteiger charge is -2.20. The molecule has 0 saturated carbocycles. The molecule has 4 nitrogen and oxygen atoms in total. The summed E-state index contributed by atoms with van der Waals surface area (Å²) in [7, 11) is 0. The largest absolute Gasteiger partial charge is 0.507 e. The van der Waals surface area contributed by atoms with Crippen molar-refractivity contribution in [3.63, 3.8) is 0 Å². The van der Waals surface area contributed by atoms with Crippen LogP contribution in [-0.4, -0.2) is 22.8 Å². The minimum atomic E-state index is -1.14. The Morgan fingerprint density at radius 1 is 1.20 bits per heavy atom. The number of para-hydroxylation sites is 1. The number of ether oxygens (including phenoxy) is 1. The van der Waals surface area contributed by atoms with Crippen molar-refractivity contribution < 1.29 is 19.7 Å². The van der Waals surface area contributed by atoms with Crippen LogP contribution < -0.4 is 4.74 Å². The molecule has 4 heteroatoms. The molecule has 0 atom stereocenters. The maximum atomic E-state index is 11.1. The Balaban J connectivity index is 2.14. The van der Waals surface area contributed by atoms with Crippen LogP contribution in [0.3, 0.4) is 0 Å². The van der Waals surface area contributed by atoms with Crippen LogP contribution in [0.1, 0.15) is 22.3 Å². The molecule has 102 valence electrons. The number of rotatable bonds is 2. The summed E-state index contributed by atoms with van der Waals surface area (Å²) >= 11 is 0. The van der Waals surface area contributed by atoms with Gasteiger partial charge in [0.05, 0.1) is 6.61 Å². The van der Waals surface area contributed by atoms with E-state index in [1.807, 2.05) is 18.2 Å². The molecule has 0 aliphatic carbocycles. The molecule has 0 fully saturated rings. The molecule has 1 heterocycles. The highest BCUT2D eigenvalue weighted by molar-refractivity contribution is 5.93. The number of aromatic hydroxyl groups is 1. The van der Waals surface area contributed by atoms with Crippen LogP contribution in [0.4, 0.5) is 0 Å². The summed E-state index contributed by atoms with van der Waals surface area (Å²) < 4.78 is 5.73. The van der Waals surface area contributed by atoms with E-state index in [1.54, 1.807) is 6.07 Å². The molecule has 2 aromatic rings. The van der Waals surface area contributed by atoms with Crippen molar-refractivity contribution >= 4 is 5.97 Å². The lowest BCUT2D eigenvalue weighted by molar-refractivity contribution is 0.0694. The van der Waals surface area contributed by atoms with Crippen molar-refractivity contribution in [1.29, 1.82) is 0 Å². The zero-order valence-electron chi connectivity index (χ0n) is 10.8. The minimum Gasteiger partial charge on any atom is -0.507 e. The highest BCUT2D eigenvalue weighted by Gasteiger charge is 2.17. The lowest BCUT2D eigenvalue weighted by atomic mass is 9.96. The third kappa shape index (κ3) is 2.09. The normalized spacial score (nSPS) is 13.4. The first-order valence-electron chi connectivity index (χ1n) is 6.48. The van der Waals surface area contributed by atoms with Gasteiger partial charge in [-0.3, -0.25) is 0 Å². The van der Waals surface area contributed by atoms with Crippen LogP contribution in [0.25, 0.3) is 11.1 Å². The van der Waals surface area contributed by atoms with Gasteiger partial charge in [0.1, 0.15) is 17.1 Å². The van der Waals surface area contributed by atoms with Crippen LogP contribution in [0.15, 0.2) is 36.4 Å². The minimum absolute atomic E-state index is 0.101. The molecule has 0 saturated heterocycles. The smallest absolute Gasteiger partial charge is 0.339 e. The van der Waals surface area contributed by atoms with E-state index in [0.29, 0.717) is 6.61 Å². The summed E-state index contributed by atoms with van der Waals surface area (Å²) in [6, 6.07) is 10.5. The highest BCUT2D eigenvalue weighted by Crippen LogP contribution is 2.37. The van der Waals surface area contributed by atoms with Crippen molar-refractivity contribution in [2.45, 2.75) is 12.8 Å². The van der Waals surface area contributed by atoms with Crippen LogP contribution in [0.2, 0.25) is 0 Å². The monoisotopic (exact) mass is 270 g/mol. The van der Waals surface area contributed by atoms with Gasteiger partial charge in [-0.2, -0.15) is 0 Å². The number of carboxylic acids is 1. The van der Waals surface area contributed by atoms with E-state index >= 15 is 0 Å². The standard InChI is InChI=1S/C16H14O4/c17-14-7-6-11(9-13(14)16(18)19)12-5-1-3-10-4-2-8-20-15(10)12/h1,3,5-7,9,17H,2,4,8H2,(H,18,19). The number of hydrogen-bond donors (Lipinski definition) is 2. The van der Waals surface area contributed by atoms with Crippen molar-refractivity contribution in [1.82, 2.24) is 0 Å². The second-order valence-electron chi connectivity index (χ2n) is 4.78. The van der Waals surface area contributed by atoms with E-state index in [1.165, 1.54) is 12.1 Å². The SMILES string of the molecule is O=C(O)c1cc(-c2cccc3c2OCCC3)ccc1O. The van der Waals surface area contributed by atoms with Gasteiger partial charge in [-0.05, 0) is 36.1 Å². The fraction of sp³-hybridized carbons (Fsp3) is 0.188. The average molecular weight is 270 g/mol. The molecule has 2 aromatic carbocycles. The number of benzene rings is 2. The predicted octanol–water partition coefficient (Wildman–Crippen LogP) is 3.08. The summed E-state index contributed by atoms with van der Waals surface area (Å²) in [6.07, 6.45) is 1.96. The number of aromatic carboxylic acids is 1. The third-order valence-corrected chi connectivity index (χ3v) is 3.47. The van der Waals surface area contributed by atoms with Crippen molar-refractivity contribution in [3.05, 3.63) is 47.5 Å². The van der Waals surface area contributed by atoms with E-state index in [-0.39, 0.29) is 11.3 Å². The van der Waals surface area contributed by atoms with E-state index in [2.05, 4.69) is 0 Å². The molecule has 1 aliphatic heterocycles. The number of carbonyl (C=O) groups is 1. The summed E-state index contributed by atoms with van der Waals surface area (Å²) in [5.41, 5.74) is 2.64. The quantitative estimate of drug-likeness (QED) is 0.880. The first-order valence-corrected chi connectivity index (χ1v) is 6.48. The zero-order chi connectivity index (χ0) is 14.1. The summed E-state index contributed by atoms with van der Waals surface area (Å²) in [5, 5.41) is 18.7. The van der Waals surface area contributed by atoms with Gasteiger partial charge in [-0.1, -0.05) is 24.3 Å². The molecular formula is C16H14O4. The third-order valence-electron chi connectivity index (χ3n) is 3.47. The summed E-state index contributed by atoms with van der Waals surface area (Å²) in [6.45, 7) is 0.674. The van der Waals surface area contributed by atoms with Gasteiger partial charge in [0, 0.05) is 5.56 Å². The second kappa shape index (κ2) is 4.89. The Morgan fingerprint density at radius 2 is 2.05 bits per heavy atom. The molecule has 0 aromatic heterocycles. The van der Waals surface area contributed by atoms with Crippen molar-refractivity contribution in [2.24, 2.45) is 0 Å². The average Bonchev–Trinajstić information content (AvgIpc) is 2.47. The number of hydrogen-bond acceptors (Lipinski definition) is 3.